The summed E-state index contributed by atoms with van der Waals surface area (Å²) in [6, 6.07) is 4.90. The number of carbonyl (C=O) groups is 1. The summed E-state index contributed by atoms with van der Waals surface area (Å²) in [6.07, 6.45) is -2.58. The molecule has 0 radical (unpaired) electrons. The fourth-order valence-electron chi connectivity index (χ4n) is 1.53. The van der Waals surface area contributed by atoms with Crippen LogP contribution in [-0.4, -0.2) is 21.0 Å². The summed E-state index contributed by atoms with van der Waals surface area (Å²) < 4.78 is 38.4. The Bertz CT molecular complexity index is 609. The maximum absolute atomic E-state index is 12.8. The smallest absolute Gasteiger partial charge is 0.417 e. The molecule has 0 atom stereocenters. The third-order valence-corrected chi connectivity index (χ3v) is 2.38. The number of hydrogen-bond donors (Lipinski definition) is 1. The molecule has 0 unspecified atom stereocenters. The predicted octanol–water partition coefficient (Wildman–Crippen LogP) is 2.86. The molecule has 0 fully saturated rings. The van der Waals surface area contributed by atoms with Crippen LogP contribution in [0.1, 0.15) is 16.1 Å². The Morgan fingerprint density at radius 3 is 2.32 bits per heavy atom. The first-order chi connectivity index (χ1) is 8.89. The molecule has 0 saturated heterocycles. The minimum Gasteiger partial charge on any atom is -0.476 e. The van der Waals surface area contributed by atoms with Gasteiger partial charge in [0.2, 0.25) is 0 Å². The lowest BCUT2D eigenvalue weighted by atomic mass is 10.0. The summed E-state index contributed by atoms with van der Waals surface area (Å²) in [5.74, 6) is -1.29. The largest absolute Gasteiger partial charge is 0.476 e. The number of nitrogens with zero attached hydrogens (tertiary/aromatic N) is 2. The van der Waals surface area contributed by atoms with Gasteiger partial charge >= 0.3 is 12.1 Å². The first kappa shape index (κ1) is 13.0. The number of hydrogen-bond acceptors (Lipinski definition) is 3. The normalized spacial score (nSPS) is 11.3. The van der Waals surface area contributed by atoms with Gasteiger partial charge in [0, 0.05) is 5.56 Å². The molecule has 0 spiro atoms. The van der Waals surface area contributed by atoms with Crippen LogP contribution in [0.4, 0.5) is 13.2 Å². The van der Waals surface area contributed by atoms with Crippen molar-refractivity contribution in [2.75, 3.05) is 0 Å². The average molecular weight is 268 g/mol. The van der Waals surface area contributed by atoms with Crippen LogP contribution in [-0.2, 0) is 6.18 Å². The Kier molecular flexibility index (Phi) is 3.20. The van der Waals surface area contributed by atoms with Crippen molar-refractivity contribution >= 4 is 5.97 Å². The van der Waals surface area contributed by atoms with Crippen molar-refractivity contribution in [3.8, 4) is 11.3 Å². The van der Waals surface area contributed by atoms with Crippen LogP contribution in [0.2, 0.25) is 0 Å². The van der Waals surface area contributed by atoms with E-state index >= 15 is 0 Å². The van der Waals surface area contributed by atoms with E-state index < -0.39 is 17.7 Å². The van der Waals surface area contributed by atoms with Crippen molar-refractivity contribution in [1.29, 1.82) is 0 Å². The van der Waals surface area contributed by atoms with Gasteiger partial charge in [-0.15, -0.1) is 0 Å². The van der Waals surface area contributed by atoms with Crippen molar-refractivity contribution in [3.05, 3.63) is 47.9 Å². The fraction of sp³-hybridized carbons (Fsp3) is 0.0833. The van der Waals surface area contributed by atoms with Crippen molar-refractivity contribution < 1.29 is 23.1 Å². The molecule has 2 rings (SSSR count). The molecular weight excluding hydrogens is 261 g/mol. The van der Waals surface area contributed by atoms with Gasteiger partial charge in [-0.25, -0.2) is 9.78 Å². The molecule has 2 aromatic rings. The number of benzene rings is 1. The molecule has 1 heterocycles. The summed E-state index contributed by atoms with van der Waals surface area (Å²) in [7, 11) is 0. The Morgan fingerprint density at radius 1 is 1.11 bits per heavy atom. The van der Waals surface area contributed by atoms with Crippen LogP contribution in [0, 0.1) is 0 Å². The summed E-state index contributed by atoms with van der Waals surface area (Å²) in [5.41, 5.74) is -1.34. The molecule has 0 aliphatic heterocycles. The Labute approximate surface area is 105 Å². The Balaban J connectivity index is 2.50. The summed E-state index contributed by atoms with van der Waals surface area (Å²) in [5, 5.41) is 8.65. The molecule has 0 aliphatic rings. The van der Waals surface area contributed by atoms with Gasteiger partial charge in [-0.1, -0.05) is 18.2 Å². The molecule has 0 amide bonds. The lowest BCUT2D eigenvalue weighted by molar-refractivity contribution is -0.137. The Morgan fingerprint density at radius 2 is 1.79 bits per heavy atom. The zero-order valence-corrected chi connectivity index (χ0v) is 9.35. The summed E-state index contributed by atoms with van der Waals surface area (Å²) in [6.45, 7) is 0. The van der Waals surface area contributed by atoms with Gasteiger partial charge in [0.25, 0.3) is 0 Å². The van der Waals surface area contributed by atoms with E-state index in [1.165, 1.54) is 18.2 Å². The third kappa shape index (κ3) is 2.70. The van der Waals surface area contributed by atoms with E-state index in [1.807, 2.05) is 0 Å². The first-order valence-electron chi connectivity index (χ1n) is 5.11. The minimum absolute atomic E-state index is 0.0297. The highest BCUT2D eigenvalue weighted by molar-refractivity contribution is 5.85. The molecule has 0 saturated carbocycles. The van der Waals surface area contributed by atoms with Gasteiger partial charge in [0.1, 0.15) is 0 Å². The quantitative estimate of drug-likeness (QED) is 0.909. The summed E-state index contributed by atoms with van der Waals surface area (Å²) in [4.78, 5) is 17.8. The van der Waals surface area contributed by atoms with Gasteiger partial charge in [0.15, 0.2) is 5.69 Å². The highest BCUT2D eigenvalue weighted by atomic mass is 19.4. The van der Waals surface area contributed by atoms with Gasteiger partial charge in [-0.3, -0.25) is 4.98 Å². The van der Waals surface area contributed by atoms with E-state index in [-0.39, 0.29) is 17.0 Å². The predicted molar refractivity (Wildman–Crippen MR) is 59.4 cm³/mol. The SMILES string of the molecule is O=C(O)c1cnc(-c2ccccc2C(F)(F)F)cn1. The van der Waals surface area contributed by atoms with Crippen LogP contribution in [0.3, 0.4) is 0 Å². The van der Waals surface area contributed by atoms with E-state index in [4.69, 9.17) is 5.11 Å². The lowest BCUT2D eigenvalue weighted by Gasteiger charge is -2.11. The van der Waals surface area contributed by atoms with Crippen molar-refractivity contribution in [2.45, 2.75) is 6.18 Å². The standard InChI is InChI=1S/C12H7F3N2O2/c13-12(14,15)8-4-2-1-3-7(8)9-5-17-10(6-16-9)11(18)19/h1-6H,(H,18,19). The highest BCUT2D eigenvalue weighted by Crippen LogP contribution is 2.35. The van der Waals surface area contributed by atoms with Crippen molar-refractivity contribution in [1.82, 2.24) is 9.97 Å². The van der Waals surface area contributed by atoms with Crippen LogP contribution in [0.15, 0.2) is 36.7 Å². The van der Waals surface area contributed by atoms with Gasteiger partial charge in [-0.05, 0) is 6.07 Å². The molecule has 1 aromatic heterocycles. The molecule has 1 aromatic carbocycles. The molecular formula is C12H7F3N2O2. The number of aromatic nitrogens is 2. The molecule has 98 valence electrons. The van der Waals surface area contributed by atoms with Crippen LogP contribution < -0.4 is 0 Å². The van der Waals surface area contributed by atoms with Crippen LogP contribution in [0.5, 0.6) is 0 Å². The molecule has 0 aliphatic carbocycles. The second-order valence-electron chi connectivity index (χ2n) is 3.64. The van der Waals surface area contributed by atoms with Gasteiger partial charge in [-0.2, -0.15) is 13.2 Å². The molecule has 1 N–H and O–H groups in total. The molecule has 4 nitrogen and oxygen atoms in total. The average Bonchev–Trinajstić information content (AvgIpc) is 2.38. The minimum atomic E-state index is -4.51. The lowest BCUT2D eigenvalue weighted by Crippen LogP contribution is -2.08. The number of rotatable bonds is 2. The monoisotopic (exact) mass is 268 g/mol. The molecule has 7 heteroatoms. The fourth-order valence-corrected chi connectivity index (χ4v) is 1.53. The van der Waals surface area contributed by atoms with Gasteiger partial charge in [0.05, 0.1) is 23.7 Å². The highest BCUT2D eigenvalue weighted by Gasteiger charge is 2.33. The van der Waals surface area contributed by atoms with E-state index in [9.17, 15) is 18.0 Å². The van der Waals surface area contributed by atoms with E-state index in [1.54, 1.807) is 0 Å². The van der Waals surface area contributed by atoms with E-state index in [0.29, 0.717) is 0 Å². The van der Waals surface area contributed by atoms with Crippen LogP contribution >= 0.6 is 0 Å². The number of halogens is 3. The maximum Gasteiger partial charge on any atom is 0.417 e. The van der Waals surface area contributed by atoms with Crippen molar-refractivity contribution in [3.63, 3.8) is 0 Å². The second-order valence-corrected chi connectivity index (χ2v) is 3.64. The Hall–Kier alpha value is -2.44. The first-order valence-corrected chi connectivity index (χ1v) is 5.11. The van der Waals surface area contributed by atoms with Crippen molar-refractivity contribution in [2.24, 2.45) is 0 Å². The third-order valence-electron chi connectivity index (χ3n) is 2.38. The number of alkyl halides is 3. The maximum atomic E-state index is 12.8. The summed E-state index contributed by atoms with van der Waals surface area (Å²) >= 11 is 0. The zero-order chi connectivity index (χ0) is 14.0. The van der Waals surface area contributed by atoms with Crippen LogP contribution in [0.25, 0.3) is 11.3 Å². The topological polar surface area (TPSA) is 63.1 Å². The van der Waals surface area contributed by atoms with E-state index in [2.05, 4.69) is 9.97 Å². The number of carboxylic acids is 1. The van der Waals surface area contributed by atoms with Gasteiger partial charge < -0.3 is 5.11 Å². The number of carboxylic acid groups (broad SMARTS) is 1. The second kappa shape index (κ2) is 4.68. The zero-order valence-electron chi connectivity index (χ0n) is 9.35. The molecule has 0 bridgehead atoms. The molecule has 19 heavy (non-hydrogen) atoms. The number of aromatic carboxylic acids is 1. The van der Waals surface area contributed by atoms with E-state index in [0.717, 1.165) is 18.5 Å².